The minimum absolute atomic E-state index is 0.0963. The Bertz CT molecular complexity index is 400. The van der Waals surface area contributed by atoms with Gasteiger partial charge in [-0.3, -0.25) is 4.55 Å². The van der Waals surface area contributed by atoms with Gasteiger partial charge in [-0.25, -0.2) is 0 Å². The van der Waals surface area contributed by atoms with Gasteiger partial charge in [-0.1, -0.05) is 11.6 Å². The fraction of sp³-hybridized carbons (Fsp3) is 0.833. The molecule has 17 heavy (non-hydrogen) atoms. The molecule has 0 heterocycles. The Kier molecular flexibility index (Phi) is 4.21. The van der Waals surface area contributed by atoms with Crippen molar-refractivity contribution < 1.29 is 13.0 Å². The Morgan fingerprint density at radius 1 is 1.47 bits per heavy atom. The molecule has 98 valence electrons. The molecule has 2 aliphatic carbocycles. The average molecular weight is 276 g/mol. The first-order valence-electron chi connectivity index (χ1n) is 6.21. The van der Waals surface area contributed by atoms with E-state index in [1.807, 2.05) is 11.8 Å². The van der Waals surface area contributed by atoms with E-state index in [0.717, 1.165) is 17.6 Å². The number of rotatable bonds is 5. The summed E-state index contributed by atoms with van der Waals surface area (Å²) in [6.07, 6.45) is 6.67. The van der Waals surface area contributed by atoms with Crippen molar-refractivity contribution in [2.45, 2.75) is 37.9 Å². The molecule has 0 radical (unpaired) electrons. The normalized spacial score (nSPS) is 34.7. The van der Waals surface area contributed by atoms with Crippen molar-refractivity contribution in [3.63, 3.8) is 0 Å². The van der Waals surface area contributed by atoms with Crippen LogP contribution in [-0.2, 0) is 10.1 Å². The summed E-state index contributed by atoms with van der Waals surface area (Å²) in [5, 5.41) is 0.713. The molecule has 2 rings (SSSR count). The molecule has 3 unspecified atom stereocenters. The predicted octanol–water partition coefficient (Wildman–Crippen LogP) is 2.74. The Hall–Kier alpha value is -0.0000000000000000763. The van der Waals surface area contributed by atoms with Crippen molar-refractivity contribution in [1.29, 1.82) is 0 Å². The lowest BCUT2D eigenvalue weighted by Crippen LogP contribution is -2.15. The van der Waals surface area contributed by atoms with E-state index in [9.17, 15) is 8.42 Å². The molecule has 0 aromatic rings. The van der Waals surface area contributed by atoms with Gasteiger partial charge in [0, 0.05) is 5.25 Å². The van der Waals surface area contributed by atoms with E-state index in [4.69, 9.17) is 4.55 Å². The molecule has 2 saturated carbocycles. The van der Waals surface area contributed by atoms with Crippen molar-refractivity contribution in [3.05, 3.63) is 11.6 Å². The van der Waals surface area contributed by atoms with Crippen molar-refractivity contribution in [3.8, 4) is 0 Å². The molecule has 0 aromatic carbocycles. The zero-order valence-electron chi connectivity index (χ0n) is 10.1. The largest absolute Gasteiger partial charge is 0.286 e. The molecule has 0 aromatic heterocycles. The predicted molar refractivity (Wildman–Crippen MR) is 71.9 cm³/mol. The highest BCUT2D eigenvalue weighted by molar-refractivity contribution is 7.99. The van der Waals surface area contributed by atoms with E-state index in [0.29, 0.717) is 11.7 Å². The summed E-state index contributed by atoms with van der Waals surface area (Å²) >= 11 is 1.90. The van der Waals surface area contributed by atoms with Gasteiger partial charge < -0.3 is 0 Å². The van der Waals surface area contributed by atoms with Crippen LogP contribution in [-0.4, -0.2) is 29.7 Å². The van der Waals surface area contributed by atoms with Crippen LogP contribution in [0.25, 0.3) is 0 Å². The Morgan fingerprint density at radius 3 is 2.76 bits per heavy atom. The minimum atomic E-state index is -3.77. The second-order valence-electron chi connectivity index (χ2n) is 5.04. The zero-order chi connectivity index (χ0) is 12.5. The van der Waals surface area contributed by atoms with Crippen LogP contribution < -0.4 is 0 Å². The van der Waals surface area contributed by atoms with E-state index in [1.54, 1.807) is 5.57 Å². The third kappa shape index (κ3) is 3.48. The molecule has 0 spiro atoms. The molecular formula is C12H20O3S2. The van der Waals surface area contributed by atoms with Gasteiger partial charge in [-0.2, -0.15) is 20.2 Å². The molecule has 2 fully saturated rings. The highest BCUT2D eigenvalue weighted by atomic mass is 32.2. The number of fused-ring (bicyclic) bond motifs is 2. The van der Waals surface area contributed by atoms with Gasteiger partial charge in [0.05, 0.1) is 5.75 Å². The molecule has 0 aliphatic heterocycles. The van der Waals surface area contributed by atoms with Gasteiger partial charge in [0.1, 0.15) is 0 Å². The summed E-state index contributed by atoms with van der Waals surface area (Å²) in [7, 11) is -3.77. The SMILES string of the molecule is C/C=C1\CC2CC1CC2SCCCS(=O)(=O)O. The minimum Gasteiger partial charge on any atom is -0.286 e. The van der Waals surface area contributed by atoms with Crippen LogP contribution >= 0.6 is 11.8 Å². The van der Waals surface area contributed by atoms with Gasteiger partial charge in [-0.15, -0.1) is 0 Å². The summed E-state index contributed by atoms with van der Waals surface area (Å²) in [5.41, 5.74) is 1.63. The third-order valence-corrected chi connectivity index (χ3v) is 6.24. The third-order valence-electron chi connectivity index (χ3n) is 3.90. The van der Waals surface area contributed by atoms with Crippen LogP contribution in [0.15, 0.2) is 11.6 Å². The number of hydrogen-bond donors (Lipinski definition) is 1. The molecule has 0 amide bonds. The second-order valence-corrected chi connectivity index (χ2v) is 7.96. The fourth-order valence-electron chi connectivity index (χ4n) is 3.11. The first-order valence-corrected chi connectivity index (χ1v) is 8.87. The smallest absolute Gasteiger partial charge is 0.264 e. The van der Waals surface area contributed by atoms with Crippen LogP contribution in [0.1, 0.15) is 32.6 Å². The molecule has 2 bridgehead atoms. The second kappa shape index (κ2) is 5.33. The summed E-state index contributed by atoms with van der Waals surface area (Å²) in [5.74, 6) is 2.35. The van der Waals surface area contributed by atoms with E-state index < -0.39 is 10.1 Å². The molecule has 1 N–H and O–H groups in total. The van der Waals surface area contributed by atoms with Gasteiger partial charge in [0.2, 0.25) is 0 Å². The van der Waals surface area contributed by atoms with E-state index in [-0.39, 0.29) is 5.75 Å². The summed E-state index contributed by atoms with van der Waals surface area (Å²) in [4.78, 5) is 0. The Morgan fingerprint density at radius 2 is 2.24 bits per heavy atom. The lowest BCUT2D eigenvalue weighted by Gasteiger charge is -2.22. The highest BCUT2D eigenvalue weighted by Gasteiger charge is 2.42. The van der Waals surface area contributed by atoms with Crippen molar-refractivity contribution in [1.82, 2.24) is 0 Å². The van der Waals surface area contributed by atoms with Crippen LogP contribution in [0.2, 0.25) is 0 Å². The average Bonchev–Trinajstić information content (AvgIpc) is 2.81. The van der Waals surface area contributed by atoms with Gasteiger partial charge in [0.25, 0.3) is 10.1 Å². The van der Waals surface area contributed by atoms with Gasteiger partial charge in [0.15, 0.2) is 0 Å². The van der Waals surface area contributed by atoms with E-state index in [1.165, 1.54) is 19.3 Å². The number of allylic oxidation sites excluding steroid dienone is 2. The lowest BCUT2D eigenvalue weighted by molar-refractivity contribution is 0.482. The Balaban J connectivity index is 1.70. The number of hydrogen-bond acceptors (Lipinski definition) is 3. The van der Waals surface area contributed by atoms with E-state index >= 15 is 0 Å². The fourth-order valence-corrected chi connectivity index (χ4v) is 5.26. The van der Waals surface area contributed by atoms with E-state index in [2.05, 4.69) is 13.0 Å². The summed E-state index contributed by atoms with van der Waals surface area (Å²) in [6, 6.07) is 0. The zero-order valence-corrected chi connectivity index (χ0v) is 11.8. The lowest BCUT2D eigenvalue weighted by atomic mass is 9.94. The highest BCUT2D eigenvalue weighted by Crippen LogP contribution is 2.52. The van der Waals surface area contributed by atoms with Gasteiger partial charge >= 0.3 is 0 Å². The van der Waals surface area contributed by atoms with Crippen LogP contribution in [0.5, 0.6) is 0 Å². The van der Waals surface area contributed by atoms with Gasteiger partial charge in [-0.05, 0) is 50.2 Å². The van der Waals surface area contributed by atoms with Crippen LogP contribution in [0.3, 0.4) is 0 Å². The first kappa shape index (κ1) is 13.4. The Labute approximate surface area is 108 Å². The monoisotopic (exact) mass is 276 g/mol. The maximum atomic E-state index is 10.6. The maximum Gasteiger partial charge on any atom is 0.264 e. The maximum absolute atomic E-state index is 10.6. The summed E-state index contributed by atoms with van der Waals surface area (Å²) in [6.45, 7) is 2.13. The molecule has 2 aliphatic rings. The van der Waals surface area contributed by atoms with Crippen molar-refractivity contribution in [2.24, 2.45) is 11.8 Å². The summed E-state index contributed by atoms with van der Waals surface area (Å²) < 4.78 is 29.8. The molecule has 5 heteroatoms. The number of thioether (sulfide) groups is 1. The van der Waals surface area contributed by atoms with Crippen molar-refractivity contribution >= 4 is 21.9 Å². The van der Waals surface area contributed by atoms with Crippen molar-refractivity contribution in [2.75, 3.05) is 11.5 Å². The van der Waals surface area contributed by atoms with Crippen LogP contribution in [0, 0.1) is 11.8 Å². The molecule has 3 nitrogen and oxygen atoms in total. The van der Waals surface area contributed by atoms with Crippen LogP contribution in [0.4, 0.5) is 0 Å². The first-order chi connectivity index (χ1) is 7.99. The molecule has 0 saturated heterocycles. The quantitative estimate of drug-likeness (QED) is 0.476. The standard InChI is InChI=1S/C12H20O3S2/c1-2-9-6-11-7-10(9)8-12(11)16-4-3-5-17(13,14)15/h2,10-12H,3-8H2,1H3,(H,13,14,15)/b9-2+. The topological polar surface area (TPSA) is 54.4 Å². The molecule has 3 atom stereocenters. The molecular weight excluding hydrogens is 256 g/mol.